The van der Waals surface area contributed by atoms with E-state index in [-0.39, 0.29) is 37.2 Å². The molecular weight excluding hydrogens is 559 g/mol. The number of piperidine rings is 2. The molecule has 2 saturated heterocycles. The lowest BCUT2D eigenvalue weighted by Gasteiger charge is -2.35. The zero-order valence-electron chi connectivity index (χ0n) is 23.2. The number of aliphatic hydroxyl groups is 1. The maximum atomic E-state index is 15.3. The number of nitrogens with one attached hydrogen (secondary N) is 2. The fourth-order valence-corrected chi connectivity index (χ4v) is 6.34. The minimum absolute atomic E-state index is 0.0426. The second-order valence-corrected chi connectivity index (χ2v) is 13.7. The lowest BCUT2D eigenvalue weighted by atomic mass is 9.93. The van der Waals surface area contributed by atoms with Gasteiger partial charge in [-0.3, -0.25) is 9.52 Å². The predicted octanol–water partition coefficient (Wildman–Crippen LogP) is 4.52. The number of sulfonamides is 1. The molecule has 1 atom stereocenters. The van der Waals surface area contributed by atoms with Crippen molar-refractivity contribution >= 4 is 38.8 Å². The molecule has 9 nitrogen and oxygen atoms in total. The SMILES string of the molecule is Cc1cc(NC(=O)c2cc(F)c(NS(=O)(=O)[C@H](C)CO)cc2N2CCC3(CC2)CC3)cc(N2CCC(F)(F)CC2)n1. The number of aromatic nitrogens is 1. The number of anilines is 4. The van der Waals surface area contributed by atoms with E-state index < -0.39 is 39.5 Å². The molecule has 0 unspecified atom stereocenters. The molecule has 1 amide bonds. The van der Waals surface area contributed by atoms with Crippen molar-refractivity contribution in [2.24, 2.45) is 5.41 Å². The van der Waals surface area contributed by atoms with Crippen molar-refractivity contribution in [3.8, 4) is 0 Å². The summed E-state index contributed by atoms with van der Waals surface area (Å²) >= 11 is 0. The van der Waals surface area contributed by atoms with Gasteiger partial charge in [0.2, 0.25) is 10.0 Å². The molecular formula is C28H36F3N5O4S. The van der Waals surface area contributed by atoms with Crippen LogP contribution in [0.1, 0.15) is 61.5 Å². The van der Waals surface area contributed by atoms with E-state index in [9.17, 15) is 27.1 Å². The van der Waals surface area contributed by atoms with Gasteiger partial charge in [0.15, 0.2) is 0 Å². The molecule has 5 rings (SSSR count). The highest BCUT2D eigenvalue weighted by atomic mass is 32.2. The Labute approximate surface area is 238 Å². The van der Waals surface area contributed by atoms with Crippen LogP contribution in [0.3, 0.4) is 0 Å². The van der Waals surface area contributed by atoms with Crippen LogP contribution in [0.2, 0.25) is 0 Å². The molecule has 1 aromatic carbocycles. The zero-order chi connectivity index (χ0) is 29.6. The van der Waals surface area contributed by atoms with Crippen LogP contribution in [0, 0.1) is 18.2 Å². The monoisotopic (exact) mass is 595 g/mol. The second kappa shape index (κ2) is 11.0. The molecule has 1 aliphatic carbocycles. The second-order valence-electron chi connectivity index (χ2n) is 11.6. The number of rotatable bonds is 8. The van der Waals surface area contributed by atoms with Gasteiger partial charge in [0, 0.05) is 56.5 Å². The largest absolute Gasteiger partial charge is 0.395 e. The van der Waals surface area contributed by atoms with Crippen molar-refractivity contribution in [2.75, 3.05) is 52.6 Å². The van der Waals surface area contributed by atoms with Crippen LogP contribution in [0.5, 0.6) is 0 Å². The molecule has 3 N–H and O–H groups in total. The third kappa shape index (κ3) is 6.56. The Morgan fingerprint density at radius 2 is 1.66 bits per heavy atom. The number of benzene rings is 1. The smallest absolute Gasteiger partial charge is 0.257 e. The number of hydrogen-bond donors (Lipinski definition) is 3. The number of halogens is 3. The highest BCUT2D eigenvalue weighted by Gasteiger charge is 2.45. The molecule has 3 fully saturated rings. The third-order valence-corrected chi connectivity index (χ3v) is 10.2. The summed E-state index contributed by atoms with van der Waals surface area (Å²) in [5.74, 6) is -3.76. The quantitative estimate of drug-likeness (QED) is 0.411. The molecule has 2 aliphatic heterocycles. The molecule has 1 spiro atoms. The van der Waals surface area contributed by atoms with Crippen LogP contribution in [0.4, 0.5) is 36.1 Å². The fraction of sp³-hybridized carbons (Fsp3) is 0.571. The zero-order valence-corrected chi connectivity index (χ0v) is 24.0. The summed E-state index contributed by atoms with van der Waals surface area (Å²) in [6.07, 6.45) is 3.63. The topological polar surface area (TPSA) is 115 Å². The molecule has 0 bridgehead atoms. The van der Waals surface area contributed by atoms with Crippen LogP contribution < -0.4 is 19.8 Å². The summed E-state index contributed by atoms with van der Waals surface area (Å²) in [6.45, 7) is 3.96. The average Bonchev–Trinajstić information content (AvgIpc) is 3.67. The van der Waals surface area contributed by atoms with Gasteiger partial charge in [-0.1, -0.05) is 0 Å². The Balaban J connectivity index is 1.43. The number of aryl methyl sites for hydroxylation is 1. The summed E-state index contributed by atoms with van der Waals surface area (Å²) in [5.41, 5.74) is 1.45. The highest BCUT2D eigenvalue weighted by molar-refractivity contribution is 7.93. The minimum Gasteiger partial charge on any atom is -0.395 e. The van der Waals surface area contributed by atoms with Gasteiger partial charge >= 0.3 is 0 Å². The van der Waals surface area contributed by atoms with Gasteiger partial charge in [-0.05, 0) is 63.1 Å². The summed E-state index contributed by atoms with van der Waals surface area (Å²) in [6, 6.07) is 5.62. The Kier molecular flexibility index (Phi) is 7.88. The molecule has 224 valence electrons. The van der Waals surface area contributed by atoms with Crippen molar-refractivity contribution in [1.82, 2.24) is 4.98 Å². The number of hydrogen-bond acceptors (Lipinski definition) is 7. The molecule has 41 heavy (non-hydrogen) atoms. The predicted molar refractivity (Wildman–Crippen MR) is 152 cm³/mol. The van der Waals surface area contributed by atoms with Crippen LogP contribution in [-0.4, -0.2) is 68.4 Å². The first-order chi connectivity index (χ1) is 19.3. The number of carbonyl (C=O) groups is 1. The van der Waals surface area contributed by atoms with Crippen LogP contribution >= 0.6 is 0 Å². The van der Waals surface area contributed by atoms with Gasteiger partial charge in [-0.25, -0.2) is 26.6 Å². The lowest BCUT2D eigenvalue weighted by Crippen LogP contribution is -2.39. The first-order valence-electron chi connectivity index (χ1n) is 13.9. The lowest BCUT2D eigenvalue weighted by molar-refractivity contribution is -0.0221. The van der Waals surface area contributed by atoms with E-state index in [1.54, 1.807) is 24.0 Å². The Morgan fingerprint density at radius 1 is 1.02 bits per heavy atom. The van der Waals surface area contributed by atoms with Gasteiger partial charge in [0.1, 0.15) is 16.9 Å². The van der Waals surface area contributed by atoms with Crippen molar-refractivity contribution in [2.45, 2.75) is 63.5 Å². The van der Waals surface area contributed by atoms with E-state index in [0.717, 1.165) is 18.9 Å². The number of aliphatic hydroxyl groups excluding tert-OH is 1. The van der Waals surface area contributed by atoms with E-state index in [2.05, 4.69) is 15.0 Å². The highest BCUT2D eigenvalue weighted by Crippen LogP contribution is 2.54. The molecule has 0 radical (unpaired) electrons. The van der Waals surface area contributed by atoms with Crippen molar-refractivity contribution in [3.63, 3.8) is 0 Å². The van der Waals surface area contributed by atoms with Crippen LogP contribution in [0.25, 0.3) is 0 Å². The van der Waals surface area contributed by atoms with Gasteiger partial charge in [0.05, 0.1) is 23.5 Å². The maximum absolute atomic E-state index is 15.3. The number of amides is 1. The summed E-state index contributed by atoms with van der Waals surface area (Å²) in [7, 11) is -4.07. The number of carbonyl (C=O) groups excluding carboxylic acids is 1. The van der Waals surface area contributed by atoms with Crippen LogP contribution in [0.15, 0.2) is 24.3 Å². The van der Waals surface area contributed by atoms with E-state index in [0.29, 0.717) is 41.4 Å². The van der Waals surface area contributed by atoms with Crippen molar-refractivity contribution in [1.29, 1.82) is 0 Å². The molecule has 1 saturated carbocycles. The normalized spacial score (nSPS) is 20.5. The maximum Gasteiger partial charge on any atom is 0.257 e. The minimum atomic E-state index is -4.07. The Hall–Kier alpha value is -3.06. The molecule has 3 aliphatic rings. The van der Waals surface area contributed by atoms with Crippen LogP contribution in [-0.2, 0) is 10.0 Å². The van der Waals surface area contributed by atoms with Gasteiger partial charge in [-0.2, -0.15) is 0 Å². The first kappa shape index (κ1) is 29.4. The fourth-order valence-electron chi connectivity index (χ4n) is 5.48. The third-order valence-electron chi connectivity index (χ3n) is 8.51. The standard InChI is InChI=1S/C28H36F3N5O4S/c1-18-13-20(14-25(32-18)36-11-7-28(30,31)8-12-36)33-26(38)21-15-22(29)23(34-41(39,40)19(2)17-37)16-24(21)35-9-5-27(3-4-27)6-10-35/h13-16,19,34,37H,3-12,17H2,1-2H3,(H,32,33,38)/t19-/m1/s1. The van der Waals surface area contributed by atoms with E-state index >= 15 is 4.39 Å². The van der Waals surface area contributed by atoms with E-state index in [4.69, 9.17) is 0 Å². The number of pyridine rings is 1. The van der Waals surface area contributed by atoms with Gasteiger partial charge < -0.3 is 20.2 Å². The molecule has 3 heterocycles. The number of alkyl halides is 2. The molecule has 1 aromatic heterocycles. The summed E-state index contributed by atoms with van der Waals surface area (Å²) < 4.78 is 70.0. The van der Waals surface area contributed by atoms with E-state index in [1.165, 1.54) is 25.8 Å². The molecule has 13 heteroatoms. The number of nitrogens with zero attached hydrogens (tertiary/aromatic N) is 3. The first-order valence-corrected chi connectivity index (χ1v) is 15.5. The van der Waals surface area contributed by atoms with Gasteiger partial charge in [-0.15, -0.1) is 0 Å². The Bertz CT molecular complexity index is 1410. The Morgan fingerprint density at radius 3 is 2.27 bits per heavy atom. The van der Waals surface area contributed by atoms with Crippen molar-refractivity contribution < 1.29 is 31.5 Å². The summed E-state index contributed by atoms with van der Waals surface area (Å²) in [4.78, 5) is 21.8. The van der Waals surface area contributed by atoms with Crippen molar-refractivity contribution in [3.05, 3.63) is 41.3 Å². The van der Waals surface area contributed by atoms with Gasteiger partial charge in [0.25, 0.3) is 11.8 Å². The van der Waals surface area contributed by atoms with E-state index in [1.807, 2.05) is 4.90 Å². The average molecular weight is 596 g/mol. The molecule has 2 aromatic rings. The summed E-state index contributed by atoms with van der Waals surface area (Å²) in [5, 5.41) is 11.0.